The summed E-state index contributed by atoms with van der Waals surface area (Å²) in [5, 5.41) is 0. The Morgan fingerprint density at radius 1 is 1.17 bits per heavy atom. The number of para-hydroxylation sites is 2. The van der Waals surface area contributed by atoms with Crippen LogP contribution in [-0.2, 0) is 16.4 Å². The van der Waals surface area contributed by atoms with E-state index in [-0.39, 0.29) is 4.90 Å². The van der Waals surface area contributed by atoms with Gasteiger partial charge in [-0.05, 0) is 49.2 Å². The summed E-state index contributed by atoms with van der Waals surface area (Å²) in [6, 6.07) is 12.1. The minimum absolute atomic E-state index is 0.237. The van der Waals surface area contributed by atoms with Gasteiger partial charge in [0, 0.05) is 0 Å². The van der Waals surface area contributed by atoms with Gasteiger partial charge >= 0.3 is 0 Å². The van der Waals surface area contributed by atoms with Crippen LogP contribution in [0.5, 0.6) is 5.75 Å². The van der Waals surface area contributed by atoms with E-state index in [1.807, 2.05) is 13.0 Å². The Morgan fingerprint density at radius 3 is 2.61 bits per heavy atom. The van der Waals surface area contributed by atoms with Gasteiger partial charge in [-0.1, -0.05) is 19.1 Å². The maximum Gasteiger partial charge on any atom is 0.269 e. The summed E-state index contributed by atoms with van der Waals surface area (Å²) in [4.78, 5) is 4.58. The first-order valence-corrected chi connectivity index (χ1v) is 8.79. The van der Waals surface area contributed by atoms with Gasteiger partial charge < -0.3 is 4.74 Å². The Labute approximate surface area is 135 Å². The second-order valence-electron chi connectivity index (χ2n) is 5.24. The first-order valence-electron chi connectivity index (χ1n) is 7.35. The van der Waals surface area contributed by atoms with Crippen LogP contribution >= 0.6 is 0 Å². The second kappa shape index (κ2) is 5.70. The van der Waals surface area contributed by atoms with E-state index in [1.54, 1.807) is 50.4 Å². The number of aromatic nitrogens is 2. The zero-order chi connectivity index (χ0) is 16.6. The molecular formula is C17H18N2O3S. The van der Waals surface area contributed by atoms with Gasteiger partial charge in [-0.15, -0.1) is 0 Å². The minimum atomic E-state index is -3.71. The molecule has 0 amide bonds. The van der Waals surface area contributed by atoms with E-state index in [0.29, 0.717) is 29.0 Å². The highest BCUT2D eigenvalue weighted by Crippen LogP contribution is 2.27. The average molecular weight is 330 g/mol. The van der Waals surface area contributed by atoms with E-state index in [2.05, 4.69) is 4.98 Å². The van der Waals surface area contributed by atoms with Crippen molar-refractivity contribution in [3.05, 3.63) is 53.9 Å². The van der Waals surface area contributed by atoms with Crippen LogP contribution in [0.2, 0.25) is 0 Å². The highest BCUT2D eigenvalue weighted by atomic mass is 32.2. The number of nitrogens with zero attached hydrogens (tertiary/aromatic N) is 2. The van der Waals surface area contributed by atoms with Gasteiger partial charge in [0.05, 0.1) is 23.0 Å². The summed E-state index contributed by atoms with van der Waals surface area (Å²) in [5.41, 5.74) is 2.10. The van der Waals surface area contributed by atoms with Gasteiger partial charge in [-0.3, -0.25) is 0 Å². The molecule has 0 spiro atoms. The van der Waals surface area contributed by atoms with Crippen LogP contribution in [0.15, 0.2) is 47.4 Å². The van der Waals surface area contributed by atoms with Crippen molar-refractivity contribution in [2.75, 3.05) is 7.11 Å². The number of methoxy groups -OCH3 is 1. The number of benzene rings is 2. The lowest BCUT2D eigenvalue weighted by Crippen LogP contribution is -2.15. The normalized spacial score (nSPS) is 11.8. The molecule has 0 saturated carbocycles. The number of imidazole rings is 1. The molecule has 5 nitrogen and oxygen atoms in total. The van der Waals surface area contributed by atoms with Crippen molar-refractivity contribution in [3.8, 4) is 5.75 Å². The smallest absolute Gasteiger partial charge is 0.269 e. The fourth-order valence-corrected chi connectivity index (χ4v) is 4.27. The maximum atomic E-state index is 13.1. The van der Waals surface area contributed by atoms with Crippen molar-refractivity contribution in [1.29, 1.82) is 0 Å². The van der Waals surface area contributed by atoms with E-state index in [1.165, 1.54) is 3.97 Å². The van der Waals surface area contributed by atoms with Gasteiger partial charge in [0.1, 0.15) is 11.6 Å². The van der Waals surface area contributed by atoms with Crippen molar-refractivity contribution in [1.82, 2.24) is 8.96 Å². The molecule has 0 aliphatic heterocycles. The molecule has 0 radical (unpaired) electrons. The number of aryl methyl sites for hydroxylation is 2. The summed E-state index contributed by atoms with van der Waals surface area (Å²) in [6.45, 7) is 3.66. The molecule has 0 bridgehead atoms. The van der Waals surface area contributed by atoms with Gasteiger partial charge in [0.15, 0.2) is 0 Å². The fraction of sp³-hybridized carbons (Fsp3) is 0.235. The Hall–Kier alpha value is -2.34. The van der Waals surface area contributed by atoms with Crippen molar-refractivity contribution < 1.29 is 13.2 Å². The first kappa shape index (κ1) is 15.6. The maximum absolute atomic E-state index is 13.1. The first-order chi connectivity index (χ1) is 11.0. The molecule has 0 saturated heterocycles. The molecule has 3 aromatic rings. The molecule has 0 unspecified atom stereocenters. The molecule has 6 heteroatoms. The SMILES string of the molecule is CCc1cc(S(=O)(=O)n2c(C)nc3ccccc32)ccc1OC. The molecule has 1 heterocycles. The van der Waals surface area contributed by atoms with E-state index in [4.69, 9.17) is 4.74 Å². The Balaban J connectivity index is 2.24. The molecule has 0 N–H and O–H groups in total. The largest absolute Gasteiger partial charge is 0.496 e. The van der Waals surface area contributed by atoms with Gasteiger partial charge in [-0.2, -0.15) is 0 Å². The van der Waals surface area contributed by atoms with E-state index < -0.39 is 10.0 Å². The molecule has 0 atom stereocenters. The lowest BCUT2D eigenvalue weighted by Gasteiger charge is -2.12. The van der Waals surface area contributed by atoms with Gasteiger partial charge in [0.25, 0.3) is 10.0 Å². The topological polar surface area (TPSA) is 61.2 Å². The number of ether oxygens (including phenoxy) is 1. The van der Waals surface area contributed by atoms with Crippen LogP contribution in [-0.4, -0.2) is 24.5 Å². The van der Waals surface area contributed by atoms with Gasteiger partial charge in [-0.25, -0.2) is 17.4 Å². The number of hydrogen-bond donors (Lipinski definition) is 0. The Bertz CT molecular complexity index is 975. The highest BCUT2D eigenvalue weighted by Gasteiger charge is 2.23. The molecule has 0 aliphatic carbocycles. The summed E-state index contributed by atoms with van der Waals surface area (Å²) in [7, 11) is -2.13. The molecule has 3 rings (SSSR count). The lowest BCUT2D eigenvalue weighted by molar-refractivity contribution is 0.409. The van der Waals surface area contributed by atoms with Crippen LogP contribution in [0.3, 0.4) is 0 Å². The number of hydrogen-bond acceptors (Lipinski definition) is 4. The van der Waals surface area contributed by atoms with Crippen LogP contribution < -0.4 is 4.74 Å². The van der Waals surface area contributed by atoms with E-state index in [0.717, 1.165) is 5.56 Å². The third-order valence-electron chi connectivity index (χ3n) is 3.85. The predicted octanol–water partition coefficient (Wildman–Crippen LogP) is 3.15. The second-order valence-corrected chi connectivity index (χ2v) is 7.03. The lowest BCUT2D eigenvalue weighted by atomic mass is 10.1. The quantitative estimate of drug-likeness (QED) is 0.737. The molecule has 0 aliphatic rings. The van der Waals surface area contributed by atoms with Crippen molar-refractivity contribution in [2.45, 2.75) is 25.2 Å². The van der Waals surface area contributed by atoms with Crippen LogP contribution in [0, 0.1) is 6.92 Å². The highest BCUT2D eigenvalue weighted by molar-refractivity contribution is 7.90. The molecule has 120 valence electrons. The monoisotopic (exact) mass is 330 g/mol. The average Bonchev–Trinajstić information content (AvgIpc) is 2.90. The zero-order valence-corrected chi connectivity index (χ0v) is 14.1. The van der Waals surface area contributed by atoms with Crippen molar-refractivity contribution in [3.63, 3.8) is 0 Å². The molecule has 1 aromatic heterocycles. The molecule has 2 aromatic carbocycles. The minimum Gasteiger partial charge on any atom is -0.496 e. The van der Waals surface area contributed by atoms with Crippen molar-refractivity contribution in [2.24, 2.45) is 0 Å². The van der Waals surface area contributed by atoms with Crippen LogP contribution in [0.1, 0.15) is 18.3 Å². The summed E-state index contributed by atoms with van der Waals surface area (Å²) in [5.74, 6) is 1.14. The van der Waals surface area contributed by atoms with E-state index >= 15 is 0 Å². The zero-order valence-electron chi connectivity index (χ0n) is 13.3. The summed E-state index contributed by atoms with van der Waals surface area (Å²) < 4.78 is 32.7. The number of rotatable bonds is 4. The van der Waals surface area contributed by atoms with E-state index in [9.17, 15) is 8.42 Å². The summed E-state index contributed by atoms with van der Waals surface area (Å²) in [6.07, 6.45) is 0.691. The predicted molar refractivity (Wildman–Crippen MR) is 89.4 cm³/mol. The van der Waals surface area contributed by atoms with Crippen LogP contribution in [0.25, 0.3) is 11.0 Å². The Kier molecular flexibility index (Phi) is 3.85. The number of fused-ring (bicyclic) bond motifs is 1. The van der Waals surface area contributed by atoms with Crippen LogP contribution in [0.4, 0.5) is 0 Å². The Morgan fingerprint density at radius 2 is 1.91 bits per heavy atom. The third-order valence-corrected chi connectivity index (χ3v) is 5.64. The summed E-state index contributed by atoms with van der Waals surface area (Å²) >= 11 is 0. The standard InChI is InChI=1S/C17H18N2O3S/c1-4-13-11-14(9-10-17(13)22-3)23(20,21)19-12(2)18-15-7-5-6-8-16(15)19/h5-11H,4H2,1-3H3. The third kappa shape index (κ3) is 2.49. The van der Waals surface area contributed by atoms with Gasteiger partial charge in [0.2, 0.25) is 0 Å². The molecular weight excluding hydrogens is 312 g/mol. The molecule has 0 fully saturated rings. The van der Waals surface area contributed by atoms with Crippen molar-refractivity contribution >= 4 is 21.1 Å². The molecule has 23 heavy (non-hydrogen) atoms. The fourth-order valence-electron chi connectivity index (χ4n) is 2.73.